The first-order valence-corrected chi connectivity index (χ1v) is 26.5. The summed E-state index contributed by atoms with van der Waals surface area (Å²) in [5.74, 6) is 0.907. The van der Waals surface area contributed by atoms with E-state index < -0.39 is 5.41 Å². The number of rotatable bonds is 8. The molecule has 1 aliphatic carbocycles. The minimum absolute atomic E-state index is 0.629. The summed E-state index contributed by atoms with van der Waals surface area (Å²) < 4.78 is 28.6. The van der Waals surface area contributed by atoms with Crippen molar-refractivity contribution in [1.82, 2.24) is 0 Å². The summed E-state index contributed by atoms with van der Waals surface area (Å²) in [6, 6.07) is 82.8. The Morgan fingerprint density at radius 1 is 0.364 bits per heavy atom. The fourth-order valence-corrected chi connectivity index (χ4v) is 13.2. The topological polar surface area (TPSA) is 55.1 Å². The maximum Gasteiger partial charge on any atom is 0.160 e. The number of hydrogen-bond donors (Lipinski definition) is 0. The quantitative estimate of drug-likeness (QED) is 0.151. The molecular weight excluding hydrogens is 945 g/mol. The molecule has 0 saturated heterocycles. The van der Waals surface area contributed by atoms with Gasteiger partial charge < -0.3 is 27.8 Å². The minimum atomic E-state index is -0.925. The van der Waals surface area contributed by atoms with Gasteiger partial charge in [0.25, 0.3) is 0 Å². The van der Waals surface area contributed by atoms with Crippen LogP contribution in [0.25, 0.3) is 76.9 Å². The van der Waals surface area contributed by atoms with Gasteiger partial charge in [-0.3, -0.25) is 0 Å². The van der Waals surface area contributed by atoms with E-state index in [0.29, 0.717) is 6.61 Å². The summed E-state index contributed by atoms with van der Waals surface area (Å²) in [5.41, 5.74) is 19.7. The molecule has 3 aromatic heterocycles. The Bertz CT molecular complexity index is 4680. The van der Waals surface area contributed by atoms with E-state index >= 15 is 0 Å². The predicted molar refractivity (Wildman–Crippen MR) is 314 cm³/mol. The molecular formula is C71H48N2O4. The maximum absolute atomic E-state index is 7.54. The molecule has 77 heavy (non-hydrogen) atoms. The van der Waals surface area contributed by atoms with Gasteiger partial charge in [0.15, 0.2) is 11.2 Å². The van der Waals surface area contributed by atoms with Crippen molar-refractivity contribution in [2.24, 2.45) is 0 Å². The summed E-state index contributed by atoms with van der Waals surface area (Å²) in [6.45, 7) is 5.02. The van der Waals surface area contributed by atoms with Gasteiger partial charge in [-0.1, -0.05) is 176 Å². The highest BCUT2D eigenvalue weighted by Gasteiger charge is 2.51. The molecule has 11 aromatic carbocycles. The van der Waals surface area contributed by atoms with Crippen molar-refractivity contribution < 1.29 is 18.0 Å². The molecule has 6 heteroatoms. The highest BCUT2D eigenvalue weighted by molar-refractivity contribution is 6.26. The average Bonchev–Trinajstić information content (AvgIpc) is 4.50. The zero-order valence-corrected chi connectivity index (χ0v) is 42.4. The fraction of sp³-hybridized carbons (Fsp3) is 0.0704. The van der Waals surface area contributed by atoms with Crippen molar-refractivity contribution in [2.75, 3.05) is 16.4 Å². The third-order valence-electron chi connectivity index (χ3n) is 16.5. The number of nitrogens with zero attached hydrogens (tertiary/aromatic N) is 2. The number of ether oxygens (including phenoxy) is 1. The molecule has 1 aliphatic heterocycles. The molecule has 0 bridgehead atoms. The lowest BCUT2D eigenvalue weighted by Crippen LogP contribution is -2.29. The van der Waals surface area contributed by atoms with Crippen molar-refractivity contribution >= 4 is 99.9 Å². The second-order valence-electron chi connectivity index (χ2n) is 20.6. The summed E-state index contributed by atoms with van der Waals surface area (Å²) >= 11 is 0. The molecule has 0 saturated carbocycles. The molecule has 6 nitrogen and oxygen atoms in total. The highest BCUT2D eigenvalue weighted by Crippen LogP contribution is 2.65. The molecule has 16 rings (SSSR count). The lowest BCUT2D eigenvalue weighted by Gasteiger charge is -2.36. The van der Waals surface area contributed by atoms with Gasteiger partial charge in [-0.05, 0) is 107 Å². The molecule has 366 valence electrons. The summed E-state index contributed by atoms with van der Waals surface area (Å²) in [6.07, 6.45) is 0.848. The van der Waals surface area contributed by atoms with Crippen molar-refractivity contribution in [3.05, 3.63) is 269 Å². The molecule has 4 heterocycles. The Labute approximate surface area is 444 Å². The number of anilines is 6. The molecule has 0 radical (unpaired) electrons. The van der Waals surface area contributed by atoms with Gasteiger partial charge in [0, 0.05) is 55.9 Å². The van der Waals surface area contributed by atoms with Crippen LogP contribution in [-0.4, -0.2) is 6.61 Å². The number of furan rings is 3. The maximum atomic E-state index is 7.54. The zero-order valence-electron chi connectivity index (χ0n) is 42.4. The van der Waals surface area contributed by atoms with Crippen LogP contribution in [0.2, 0.25) is 0 Å². The molecule has 0 N–H and O–H groups in total. The van der Waals surface area contributed by atoms with Gasteiger partial charge in [0.1, 0.15) is 28.1 Å². The van der Waals surface area contributed by atoms with E-state index in [4.69, 9.17) is 18.0 Å². The van der Waals surface area contributed by atoms with Gasteiger partial charge in [-0.25, -0.2) is 0 Å². The van der Waals surface area contributed by atoms with Crippen molar-refractivity contribution in [3.8, 4) is 16.9 Å². The Morgan fingerprint density at radius 2 is 0.844 bits per heavy atom. The van der Waals surface area contributed by atoms with E-state index in [1.165, 1.54) is 5.56 Å². The Morgan fingerprint density at radius 3 is 1.52 bits per heavy atom. The molecule has 14 aromatic rings. The summed E-state index contributed by atoms with van der Waals surface area (Å²) in [7, 11) is 0. The number of fused-ring (bicyclic) bond motifs is 15. The lowest BCUT2D eigenvalue weighted by molar-refractivity contribution is 0.357. The number of aryl methyl sites for hydroxylation is 2. The van der Waals surface area contributed by atoms with Crippen LogP contribution in [0.1, 0.15) is 38.9 Å². The smallest absolute Gasteiger partial charge is 0.160 e. The van der Waals surface area contributed by atoms with Crippen molar-refractivity contribution in [2.45, 2.75) is 25.7 Å². The Kier molecular flexibility index (Phi) is 9.41. The van der Waals surface area contributed by atoms with E-state index in [2.05, 4.69) is 248 Å². The van der Waals surface area contributed by atoms with Crippen LogP contribution in [0.4, 0.5) is 34.1 Å². The van der Waals surface area contributed by atoms with Crippen molar-refractivity contribution in [1.29, 1.82) is 0 Å². The summed E-state index contributed by atoms with van der Waals surface area (Å²) in [4.78, 5) is 4.82. The van der Waals surface area contributed by atoms with Gasteiger partial charge in [0.2, 0.25) is 0 Å². The van der Waals surface area contributed by atoms with Crippen LogP contribution < -0.4 is 14.5 Å². The molecule has 0 fully saturated rings. The lowest BCUT2D eigenvalue weighted by atomic mass is 9.67. The van der Waals surface area contributed by atoms with Crippen LogP contribution >= 0.6 is 0 Å². The predicted octanol–water partition coefficient (Wildman–Crippen LogP) is 19.2. The number of hydrogen-bond acceptors (Lipinski definition) is 6. The Hall–Kier alpha value is -9.78. The van der Waals surface area contributed by atoms with Crippen LogP contribution in [0.5, 0.6) is 5.75 Å². The third-order valence-corrected chi connectivity index (χ3v) is 16.5. The van der Waals surface area contributed by atoms with Crippen molar-refractivity contribution in [3.63, 3.8) is 0 Å². The van der Waals surface area contributed by atoms with Crippen LogP contribution in [0.15, 0.2) is 244 Å². The number of para-hydroxylation sites is 7. The molecule has 0 amide bonds. The third kappa shape index (κ3) is 6.12. The van der Waals surface area contributed by atoms with Gasteiger partial charge in [-0.15, -0.1) is 0 Å². The molecule has 0 unspecified atom stereocenters. The van der Waals surface area contributed by atoms with E-state index in [1.807, 2.05) is 6.07 Å². The standard InChI is InChI=1S/C71H48N2O4/c1-43-21-9-14-32-54(43)72(56-34-19-23-45-39-40-74-67(45)56)58-41-53-66(70-63(58)50-29-12-17-37-61(50)77-70)65-52(71(53,46-24-5-3-6-25-46)47-26-7-4-8-27-47)42-59(69-64(65)51-30-13-18-38-62(51)76-69)73(55-33-15-10-22-44(55)2)57-35-20-31-49-48-28-11-16-36-60(48)75-68(49)57/h3-38,41-42H,39-40H2,1-2H3. The monoisotopic (exact) mass is 992 g/mol. The van der Waals surface area contributed by atoms with Crippen LogP contribution in [0.3, 0.4) is 0 Å². The first kappa shape index (κ1) is 43.6. The van der Waals surface area contributed by atoms with E-state index in [1.54, 1.807) is 0 Å². The highest BCUT2D eigenvalue weighted by atomic mass is 16.5. The van der Waals surface area contributed by atoms with E-state index in [0.717, 1.165) is 157 Å². The first-order chi connectivity index (χ1) is 38.1. The van der Waals surface area contributed by atoms with Gasteiger partial charge in [0.05, 0.1) is 40.2 Å². The molecule has 2 aliphatic rings. The SMILES string of the molecule is Cc1ccccc1N(c1cccc2c1oc1ccccc12)c1cc2c(c3c1oc1ccccc13)-c1c(cc(N(c3ccccc3C)c3cccc4c3OCC4)c3c1oc1ccccc13)C2(c1ccccc1)c1ccccc1. The Balaban J connectivity index is 1.13. The number of benzene rings is 11. The normalized spacial score (nSPS) is 13.4. The van der Waals surface area contributed by atoms with Crippen LogP contribution in [0, 0.1) is 13.8 Å². The van der Waals surface area contributed by atoms with Crippen LogP contribution in [-0.2, 0) is 11.8 Å². The molecule has 0 spiro atoms. The van der Waals surface area contributed by atoms with E-state index in [9.17, 15) is 0 Å². The van der Waals surface area contributed by atoms with E-state index in [-0.39, 0.29) is 0 Å². The largest absolute Gasteiger partial charge is 0.491 e. The molecule has 0 atom stereocenters. The summed E-state index contributed by atoms with van der Waals surface area (Å²) in [5, 5.41) is 6.18. The average molecular weight is 993 g/mol. The fourth-order valence-electron chi connectivity index (χ4n) is 13.2. The first-order valence-electron chi connectivity index (χ1n) is 26.5. The second kappa shape index (κ2) is 16.6. The van der Waals surface area contributed by atoms with Gasteiger partial charge in [-0.2, -0.15) is 0 Å². The minimum Gasteiger partial charge on any atom is -0.491 e. The van der Waals surface area contributed by atoms with Gasteiger partial charge >= 0.3 is 0 Å². The second-order valence-corrected chi connectivity index (χ2v) is 20.6. The zero-order chi connectivity index (χ0) is 50.9.